The van der Waals surface area contributed by atoms with Crippen molar-refractivity contribution >= 4 is 31.4 Å². The van der Waals surface area contributed by atoms with Gasteiger partial charge in [0.25, 0.3) is 0 Å². The van der Waals surface area contributed by atoms with Crippen LogP contribution in [0, 0.1) is 0 Å². The molecule has 0 saturated heterocycles. The Kier molecular flexibility index (Phi) is 6.88. The predicted molar refractivity (Wildman–Crippen MR) is 146 cm³/mol. The van der Waals surface area contributed by atoms with Crippen LogP contribution in [0.25, 0.3) is 0 Å². The molecule has 37 heavy (non-hydrogen) atoms. The Morgan fingerprint density at radius 1 is 1.08 bits per heavy atom. The standard InChI is InChI=1S/C26H35N3O6S2/c1-25(2)15-20-19(14-22(34-5)24-21(20)16-26(3,4)35-24)23(28-25)17-9-7-10-18(13-17)29(36(6,30)31)11-8-12-37(27,32)33/h7,9-10,13-14H,8,11-12,15-16H2,1-6H3,(H2,27,32,33). The number of hydrogen-bond donors (Lipinski definition) is 1. The van der Waals surface area contributed by atoms with Gasteiger partial charge in [-0.1, -0.05) is 12.1 Å². The van der Waals surface area contributed by atoms with Crippen LogP contribution in [0.5, 0.6) is 11.5 Å². The highest BCUT2D eigenvalue weighted by Crippen LogP contribution is 2.48. The van der Waals surface area contributed by atoms with Crippen LogP contribution in [0.15, 0.2) is 35.3 Å². The van der Waals surface area contributed by atoms with Crippen molar-refractivity contribution in [2.24, 2.45) is 10.1 Å². The maximum atomic E-state index is 12.6. The average Bonchev–Trinajstić information content (AvgIpc) is 3.09. The van der Waals surface area contributed by atoms with Crippen molar-refractivity contribution in [3.05, 3.63) is 52.6 Å². The summed E-state index contributed by atoms with van der Waals surface area (Å²) in [5, 5.41) is 5.11. The zero-order valence-electron chi connectivity index (χ0n) is 22.2. The average molecular weight is 550 g/mol. The quantitative estimate of drug-likeness (QED) is 0.539. The first-order valence-corrected chi connectivity index (χ1v) is 15.7. The monoisotopic (exact) mass is 549 g/mol. The SMILES string of the molecule is COc1cc2c(c3c1OC(C)(C)C3)CC(C)(C)N=C2c1cccc(N(CCCS(N)(=O)=O)S(C)(=O)=O)c1. The predicted octanol–water partition coefficient (Wildman–Crippen LogP) is 3.03. The van der Waals surface area contributed by atoms with Crippen molar-refractivity contribution in [3.63, 3.8) is 0 Å². The van der Waals surface area contributed by atoms with E-state index >= 15 is 0 Å². The van der Waals surface area contributed by atoms with Crippen molar-refractivity contribution in [3.8, 4) is 11.5 Å². The van der Waals surface area contributed by atoms with Crippen molar-refractivity contribution in [1.82, 2.24) is 0 Å². The summed E-state index contributed by atoms with van der Waals surface area (Å²) in [5.41, 5.74) is 4.42. The van der Waals surface area contributed by atoms with Crippen LogP contribution >= 0.6 is 0 Å². The van der Waals surface area contributed by atoms with Crippen LogP contribution in [0.1, 0.15) is 56.4 Å². The highest BCUT2D eigenvalue weighted by Gasteiger charge is 2.39. The van der Waals surface area contributed by atoms with Gasteiger partial charge in [-0.15, -0.1) is 0 Å². The first-order valence-electron chi connectivity index (χ1n) is 12.1. The molecule has 0 bridgehead atoms. The fraction of sp³-hybridized carbons (Fsp3) is 0.500. The van der Waals surface area contributed by atoms with E-state index in [0.29, 0.717) is 11.4 Å². The molecule has 4 rings (SSSR count). The highest BCUT2D eigenvalue weighted by molar-refractivity contribution is 7.92. The van der Waals surface area contributed by atoms with E-state index in [9.17, 15) is 16.8 Å². The molecular weight excluding hydrogens is 514 g/mol. The van der Waals surface area contributed by atoms with Crippen LogP contribution in [-0.2, 0) is 32.9 Å². The molecule has 0 radical (unpaired) electrons. The highest BCUT2D eigenvalue weighted by atomic mass is 32.2. The molecule has 0 aliphatic carbocycles. The van der Waals surface area contributed by atoms with Crippen molar-refractivity contribution in [2.45, 2.75) is 58.1 Å². The van der Waals surface area contributed by atoms with Crippen LogP contribution < -0.4 is 18.9 Å². The van der Waals surface area contributed by atoms with Crippen molar-refractivity contribution in [2.75, 3.05) is 30.0 Å². The summed E-state index contributed by atoms with van der Waals surface area (Å²) < 4.78 is 61.2. The minimum Gasteiger partial charge on any atom is -0.493 e. The third-order valence-corrected chi connectivity index (χ3v) is 8.59. The number of nitrogens with zero attached hydrogens (tertiary/aromatic N) is 2. The first-order chi connectivity index (χ1) is 17.0. The van der Waals surface area contributed by atoms with E-state index in [4.69, 9.17) is 19.6 Å². The number of nitrogens with two attached hydrogens (primary N) is 1. The number of benzene rings is 2. The molecule has 0 unspecified atom stereocenters. The minimum atomic E-state index is -3.70. The third kappa shape index (κ3) is 5.94. The lowest BCUT2D eigenvalue weighted by atomic mass is 9.80. The number of fused-ring (bicyclic) bond motifs is 3. The van der Waals surface area contributed by atoms with E-state index in [0.717, 1.165) is 52.8 Å². The Balaban J connectivity index is 1.81. The van der Waals surface area contributed by atoms with Crippen LogP contribution in [0.3, 0.4) is 0 Å². The van der Waals surface area contributed by atoms with E-state index in [-0.39, 0.29) is 29.9 Å². The molecule has 0 aromatic heterocycles. The Hall–Kier alpha value is -2.63. The number of primary sulfonamides is 1. The first kappa shape index (κ1) is 27.4. The Labute approximate surface area is 219 Å². The van der Waals surface area contributed by atoms with Gasteiger partial charge in [0.15, 0.2) is 11.5 Å². The zero-order chi connectivity index (χ0) is 27.4. The van der Waals surface area contributed by atoms with Gasteiger partial charge in [0, 0.05) is 29.7 Å². The number of methoxy groups -OCH3 is 1. The van der Waals surface area contributed by atoms with Gasteiger partial charge < -0.3 is 9.47 Å². The molecule has 9 nitrogen and oxygen atoms in total. The molecule has 0 fully saturated rings. The summed E-state index contributed by atoms with van der Waals surface area (Å²) >= 11 is 0. The molecule has 2 aliphatic rings. The molecule has 2 heterocycles. The van der Waals surface area contributed by atoms with E-state index in [1.54, 1.807) is 25.3 Å². The third-order valence-electron chi connectivity index (χ3n) is 6.54. The Bertz CT molecular complexity index is 1480. The van der Waals surface area contributed by atoms with E-state index < -0.39 is 20.0 Å². The van der Waals surface area contributed by atoms with Crippen LogP contribution in [-0.4, -0.2) is 59.4 Å². The van der Waals surface area contributed by atoms with E-state index in [2.05, 4.69) is 27.7 Å². The van der Waals surface area contributed by atoms with Crippen LogP contribution in [0.4, 0.5) is 5.69 Å². The number of hydrogen-bond acceptors (Lipinski definition) is 7. The molecule has 0 spiro atoms. The summed E-state index contributed by atoms with van der Waals surface area (Å²) in [6.45, 7) is 8.25. The molecule has 2 N–H and O–H groups in total. The second-order valence-electron chi connectivity index (χ2n) is 11.0. The number of aliphatic imine (C=N–C) groups is 1. The van der Waals surface area contributed by atoms with Crippen LogP contribution in [0.2, 0.25) is 0 Å². The largest absolute Gasteiger partial charge is 0.493 e. The van der Waals surface area contributed by atoms with E-state index in [1.807, 2.05) is 12.1 Å². The fourth-order valence-corrected chi connectivity index (χ4v) is 6.58. The van der Waals surface area contributed by atoms with Gasteiger partial charge in [0.05, 0.1) is 36.1 Å². The normalized spacial score (nSPS) is 17.9. The lowest BCUT2D eigenvalue weighted by Gasteiger charge is -2.31. The van der Waals surface area contributed by atoms with Gasteiger partial charge in [-0.3, -0.25) is 9.30 Å². The Morgan fingerprint density at radius 3 is 2.41 bits per heavy atom. The molecule has 2 aliphatic heterocycles. The summed E-state index contributed by atoms with van der Waals surface area (Å²) in [5.74, 6) is 1.11. The topological polar surface area (TPSA) is 128 Å². The molecule has 2 aromatic rings. The second-order valence-corrected chi connectivity index (χ2v) is 14.6. The molecule has 0 atom stereocenters. The van der Waals surface area contributed by atoms with Gasteiger partial charge in [0.1, 0.15) is 5.60 Å². The maximum absolute atomic E-state index is 12.6. The van der Waals surface area contributed by atoms with Gasteiger partial charge >= 0.3 is 0 Å². The molecule has 202 valence electrons. The van der Waals surface area contributed by atoms with Gasteiger partial charge in [-0.25, -0.2) is 22.0 Å². The maximum Gasteiger partial charge on any atom is 0.232 e. The summed E-state index contributed by atoms with van der Waals surface area (Å²) in [7, 11) is -5.76. The minimum absolute atomic E-state index is 0.0129. The summed E-state index contributed by atoms with van der Waals surface area (Å²) in [6, 6.07) is 9.11. The zero-order valence-corrected chi connectivity index (χ0v) is 23.8. The molecule has 11 heteroatoms. The van der Waals surface area contributed by atoms with Gasteiger partial charge in [0.2, 0.25) is 20.0 Å². The lowest BCUT2D eigenvalue weighted by molar-refractivity contribution is 0.134. The molecule has 0 amide bonds. The summed E-state index contributed by atoms with van der Waals surface area (Å²) in [6.07, 6.45) is 2.66. The van der Waals surface area contributed by atoms with Gasteiger partial charge in [-0.2, -0.15) is 0 Å². The van der Waals surface area contributed by atoms with Crippen molar-refractivity contribution in [1.29, 1.82) is 0 Å². The summed E-state index contributed by atoms with van der Waals surface area (Å²) in [4.78, 5) is 5.08. The van der Waals surface area contributed by atoms with Gasteiger partial charge in [-0.05, 0) is 64.3 Å². The lowest BCUT2D eigenvalue weighted by Crippen LogP contribution is -2.33. The van der Waals surface area contributed by atoms with Crippen molar-refractivity contribution < 1.29 is 26.3 Å². The Morgan fingerprint density at radius 2 is 1.78 bits per heavy atom. The number of rotatable bonds is 8. The number of ether oxygens (including phenoxy) is 2. The fourth-order valence-electron chi connectivity index (χ4n) is 5.09. The number of sulfonamides is 2. The van der Waals surface area contributed by atoms with E-state index in [1.165, 1.54) is 4.31 Å². The smallest absolute Gasteiger partial charge is 0.232 e. The number of anilines is 1. The molecule has 0 saturated carbocycles. The molecular formula is C26H35N3O6S2. The second kappa shape index (κ2) is 9.28. The molecule has 2 aromatic carbocycles.